The van der Waals surface area contributed by atoms with Crippen LogP contribution in [0.1, 0.15) is 24.3 Å². The Morgan fingerprint density at radius 2 is 2.20 bits per heavy atom. The van der Waals surface area contributed by atoms with Gasteiger partial charge in [-0.3, -0.25) is 4.90 Å². The Hall–Kier alpha value is -0.470. The summed E-state index contributed by atoms with van der Waals surface area (Å²) < 4.78 is 31.8. The topological polar surface area (TPSA) is 58.6 Å². The molecule has 0 unspecified atom stereocenters. The summed E-state index contributed by atoms with van der Waals surface area (Å²) in [5.41, 5.74) is 0. The summed E-state index contributed by atoms with van der Waals surface area (Å²) in [5, 5.41) is 2.03. The van der Waals surface area contributed by atoms with Crippen LogP contribution in [-0.4, -0.2) is 51.9 Å². The lowest BCUT2D eigenvalue weighted by Crippen LogP contribution is -2.43. The van der Waals surface area contributed by atoms with E-state index in [1.165, 1.54) is 4.88 Å². The van der Waals surface area contributed by atoms with Crippen LogP contribution in [0.2, 0.25) is 0 Å². The first-order valence-electron chi connectivity index (χ1n) is 6.95. The number of ether oxygens (including phenoxy) is 1. The monoisotopic (exact) mass is 318 g/mol. The largest absolute Gasteiger partial charge is 0.379 e. The van der Waals surface area contributed by atoms with Crippen molar-refractivity contribution in [3.8, 4) is 0 Å². The molecule has 0 radical (unpaired) electrons. The van der Waals surface area contributed by atoms with Crippen LogP contribution < -0.4 is 4.72 Å². The molecule has 1 atom stereocenters. The molecule has 0 saturated carbocycles. The zero-order valence-electron chi connectivity index (χ0n) is 11.7. The highest BCUT2D eigenvalue weighted by molar-refractivity contribution is 7.89. The predicted octanol–water partition coefficient (Wildman–Crippen LogP) is 1.45. The fourth-order valence-corrected chi connectivity index (χ4v) is 4.28. The molecule has 2 rings (SSSR count). The molecule has 5 nitrogen and oxygen atoms in total. The number of nitrogens with one attached hydrogen (secondary N) is 1. The van der Waals surface area contributed by atoms with Crippen molar-refractivity contribution in [1.29, 1.82) is 0 Å². The van der Waals surface area contributed by atoms with E-state index in [1.807, 2.05) is 18.4 Å². The van der Waals surface area contributed by atoms with Crippen molar-refractivity contribution in [2.24, 2.45) is 0 Å². The first-order chi connectivity index (χ1) is 9.62. The summed E-state index contributed by atoms with van der Waals surface area (Å²) in [7, 11) is -3.16. The lowest BCUT2D eigenvalue weighted by atomic mass is 10.2. The van der Waals surface area contributed by atoms with Gasteiger partial charge in [0.25, 0.3) is 0 Å². The molecule has 1 N–H and O–H groups in total. The van der Waals surface area contributed by atoms with Crippen LogP contribution in [0.15, 0.2) is 17.5 Å². The van der Waals surface area contributed by atoms with Gasteiger partial charge in [0.05, 0.1) is 25.0 Å². The molecule has 1 saturated heterocycles. The average Bonchev–Trinajstić information content (AvgIpc) is 2.94. The van der Waals surface area contributed by atoms with Crippen molar-refractivity contribution in [2.75, 3.05) is 38.6 Å². The van der Waals surface area contributed by atoms with Gasteiger partial charge in [-0.05, 0) is 17.9 Å². The maximum Gasteiger partial charge on any atom is 0.211 e. The molecule has 1 aliphatic heterocycles. The van der Waals surface area contributed by atoms with E-state index in [2.05, 4.69) is 15.7 Å². The average molecular weight is 318 g/mol. The zero-order valence-corrected chi connectivity index (χ0v) is 13.4. The highest BCUT2D eigenvalue weighted by Crippen LogP contribution is 2.25. The fraction of sp³-hybridized carbons (Fsp3) is 0.692. The first-order valence-corrected chi connectivity index (χ1v) is 9.48. The molecule has 0 bridgehead atoms. The standard InChI is InChI=1S/C13H22N2O3S2/c1-2-10-20(16,17)14-11-12(13-4-3-9-19-13)15-5-7-18-8-6-15/h3-4,9,12,14H,2,5-8,10-11H2,1H3/t12-/m0/s1. The normalized spacial score (nSPS) is 19.1. The van der Waals surface area contributed by atoms with Crippen molar-refractivity contribution in [3.63, 3.8) is 0 Å². The van der Waals surface area contributed by atoms with Gasteiger partial charge >= 0.3 is 0 Å². The minimum Gasteiger partial charge on any atom is -0.379 e. The summed E-state index contributed by atoms with van der Waals surface area (Å²) in [4.78, 5) is 3.50. The fourth-order valence-electron chi connectivity index (χ4n) is 2.33. The Morgan fingerprint density at radius 3 is 2.80 bits per heavy atom. The maximum absolute atomic E-state index is 11.8. The summed E-state index contributed by atoms with van der Waals surface area (Å²) in [6.07, 6.45) is 0.635. The zero-order chi connectivity index (χ0) is 14.4. The van der Waals surface area contributed by atoms with Crippen LogP contribution in [0.3, 0.4) is 0 Å². The van der Waals surface area contributed by atoms with E-state index >= 15 is 0 Å². The van der Waals surface area contributed by atoms with E-state index in [0.717, 1.165) is 13.1 Å². The van der Waals surface area contributed by atoms with Gasteiger partial charge in [0.15, 0.2) is 0 Å². The van der Waals surface area contributed by atoms with E-state index in [9.17, 15) is 8.42 Å². The molecule has 114 valence electrons. The van der Waals surface area contributed by atoms with E-state index in [0.29, 0.717) is 26.2 Å². The van der Waals surface area contributed by atoms with Crippen molar-refractivity contribution in [3.05, 3.63) is 22.4 Å². The molecule has 0 spiro atoms. The van der Waals surface area contributed by atoms with Gasteiger partial charge in [-0.25, -0.2) is 13.1 Å². The Morgan fingerprint density at radius 1 is 1.45 bits per heavy atom. The van der Waals surface area contributed by atoms with E-state index in [4.69, 9.17) is 4.74 Å². The maximum atomic E-state index is 11.8. The smallest absolute Gasteiger partial charge is 0.211 e. The Balaban J connectivity index is 2.03. The molecular weight excluding hydrogens is 296 g/mol. The number of thiophene rings is 1. The van der Waals surface area contributed by atoms with Crippen LogP contribution in [0.5, 0.6) is 0 Å². The van der Waals surface area contributed by atoms with Gasteiger partial charge in [0.1, 0.15) is 0 Å². The van der Waals surface area contributed by atoms with Crippen molar-refractivity contribution < 1.29 is 13.2 Å². The second-order valence-corrected chi connectivity index (χ2v) is 7.75. The van der Waals surface area contributed by atoms with Gasteiger partial charge in [-0.1, -0.05) is 13.0 Å². The Kier molecular flexibility index (Phi) is 5.98. The number of rotatable bonds is 7. The highest BCUT2D eigenvalue weighted by atomic mass is 32.2. The number of hydrogen-bond acceptors (Lipinski definition) is 5. The number of hydrogen-bond donors (Lipinski definition) is 1. The summed E-state index contributed by atoms with van der Waals surface area (Å²) in [6.45, 7) is 5.42. The van der Waals surface area contributed by atoms with Gasteiger partial charge in [0.2, 0.25) is 10.0 Å². The number of nitrogens with zero attached hydrogens (tertiary/aromatic N) is 1. The van der Waals surface area contributed by atoms with Gasteiger partial charge < -0.3 is 4.74 Å². The van der Waals surface area contributed by atoms with Crippen LogP contribution in [0.4, 0.5) is 0 Å². The molecule has 0 aromatic carbocycles. The molecule has 7 heteroatoms. The van der Waals surface area contributed by atoms with E-state index in [-0.39, 0.29) is 11.8 Å². The first kappa shape index (κ1) is 15.9. The Bertz CT molecular complexity index is 482. The lowest BCUT2D eigenvalue weighted by Gasteiger charge is -2.34. The highest BCUT2D eigenvalue weighted by Gasteiger charge is 2.24. The van der Waals surface area contributed by atoms with Gasteiger partial charge in [-0.15, -0.1) is 11.3 Å². The van der Waals surface area contributed by atoms with E-state index in [1.54, 1.807) is 11.3 Å². The van der Waals surface area contributed by atoms with Crippen molar-refractivity contribution >= 4 is 21.4 Å². The van der Waals surface area contributed by atoms with Gasteiger partial charge in [0, 0.05) is 24.5 Å². The van der Waals surface area contributed by atoms with Crippen molar-refractivity contribution in [2.45, 2.75) is 19.4 Å². The molecule has 1 aromatic rings. The van der Waals surface area contributed by atoms with Crippen LogP contribution in [-0.2, 0) is 14.8 Å². The minimum absolute atomic E-state index is 0.102. The molecular formula is C13H22N2O3S2. The molecule has 1 aromatic heterocycles. The quantitative estimate of drug-likeness (QED) is 0.827. The molecule has 1 aliphatic rings. The molecule has 2 heterocycles. The molecule has 1 fully saturated rings. The minimum atomic E-state index is -3.16. The summed E-state index contributed by atoms with van der Waals surface area (Å²) in [6, 6.07) is 4.18. The third kappa shape index (κ3) is 4.53. The van der Waals surface area contributed by atoms with E-state index < -0.39 is 10.0 Å². The second kappa shape index (κ2) is 7.51. The molecule has 20 heavy (non-hydrogen) atoms. The van der Waals surface area contributed by atoms with Crippen LogP contribution >= 0.6 is 11.3 Å². The number of morpholine rings is 1. The van der Waals surface area contributed by atoms with Crippen molar-refractivity contribution in [1.82, 2.24) is 9.62 Å². The summed E-state index contributed by atoms with van der Waals surface area (Å²) >= 11 is 1.67. The Labute approximate surface area is 125 Å². The second-order valence-electron chi connectivity index (χ2n) is 4.85. The third-order valence-electron chi connectivity index (χ3n) is 3.33. The SMILES string of the molecule is CCCS(=O)(=O)NC[C@@H](c1cccs1)N1CCOCC1. The number of sulfonamides is 1. The summed E-state index contributed by atoms with van der Waals surface area (Å²) in [5.74, 6) is 0.188. The predicted molar refractivity (Wildman–Crippen MR) is 81.5 cm³/mol. The van der Waals surface area contributed by atoms with Crippen LogP contribution in [0.25, 0.3) is 0 Å². The molecule has 0 aliphatic carbocycles. The third-order valence-corrected chi connectivity index (χ3v) is 5.85. The lowest BCUT2D eigenvalue weighted by molar-refractivity contribution is 0.0179. The van der Waals surface area contributed by atoms with Gasteiger partial charge in [-0.2, -0.15) is 0 Å². The van der Waals surface area contributed by atoms with Crippen LogP contribution in [0, 0.1) is 0 Å². The molecule has 0 amide bonds.